The molecule has 4 heteroatoms. The van der Waals surface area contributed by atoms with Gasteiger partial charge in [-0.3, -0.25) is 0 Å². The first kappa shape index (κ1) is 11.2. The van der Waals surface area contributed by atoms with E-state index in [1.54, 1.807) is 11.3 Å². The molecule has 0 fully saturated rings. The Kier molecular flexibility index (Phi) is 3.83. The van der Waals surface area contributed by atoms with Gasteiger partial charge in [0.2, 0.25) is 0 Å². The van der Waals surface area contributed by atoms with Gasteiger partial charge in [-0.2, -0.15) is 0 Å². The molecule has 0 aliphatic carbocycles. The van der Waals surface area contributed by atoms with E-state index in [-0.39, 0.29) is 0 Å². The Morgan fingerprint density at radius 3 is 3.00 bits per heavy atom. The zero-order chi connectivity index (χ0) is 10.7. The van der Waals surface area contributed by atoms with Crippen LogP contribution in [0.4, 0.5) is 0 Å². The van der Waals surface area contributed by atoms with Crippen molar-refractivity contribution < 1.29 is 4.74 Å². The van der Waals surface area contributed by atoms with Gasteiger partial charge in [0.1, 0.15) is 0 Å². The highest BCUT2D eigenvalue weighted by Crippen LogP contribution is 2.32. The van der Waals surface area contributed by atoms with E-state index in [1.807, 2.05) is 13.3 Å². The first-order chi connectivity index (χ1) is 7.31. The topological polar surface area (TPSA) is 21.3 Å². The summed E-state index contributed by atoms with van der Waals surface area (Å²) in [4.78, 5) is 0. The second-order valence-corrected chi connectivity index (χ2v) is 5.86. The maximum absolute atomic E-state index is 5.38. The highest BCUT2D eigenvalue weighted by molar-refractivity contribution is 9.11. The zero-order valence-electron chi connectivity index (χ0n) is 8.63. The summed E-state index contributed by atoms with van der Waals surface area (Å²) in [5, 5.41) is 5.52. The number of thiophene rings is 1. The highest BCUT2D eigenvalue weighted by atomic mass is 79.9. The molecule has 2 rings (SSSR count). The summed E-state index contributed by atoms with van der Waals surface area (Å²) in [6.07, 6.45) is 4.16. The van der Waals surface area contributed by atoms with Crippen LogP contribution in [0.5, 0.6) is 0 Å². The summed E-state index contributed by atoms with van der Waals surface area (Å²) in [6.45, 7) is 0.854. The summed E-state index contributed by atoms with van der Waals surface area (Å²) in [5.41, 5.74) is 2.65. The third kappa shape index (κ3) is 2.62. The summed E-state index contributed by atoms with van der Waals surface area (Å²) < 4.78 is 6.56. The molecular weight excluding hydrogens is 274 g/mol. The van der Waals surface area contributed by atoms with Gasteiger partial charge in [-0.1, -0.05) is 0 Å². The molecule has 0 amide bonds. The van der Waals surface area contributed by atoms with Gasteiger partial charge < -0.3 is 10.1 Å². The van der Waals surface area contributed by atoms with Crippen LogP contribution in [0.15, 0.2) is 27.1 Å². The largest absolute Gasteiger partial charge is 0.501 e. The maximum atomic E-state index is 5.38. The Morgan fingerprint density at radius 1 is 1.60 bits per heavy atom. The molecule has 1 atom stereocenters. The predicted molar refractivity (Wildman–Crippen MR) is 67.1 cm³/mol. The van der Waals surface area contributed by atoms with Crippen molar-refractivity contribution in [3.8, 4) is 0 Å². The van der Waals surface area contributed by atoms with Crippen LogP contribution in [0.2, 0.25) is 0 Å². The molecule has 1 aromatic rings. The van der Waals surface area contributed by atoms with E-state index in [2.05, 4.69) is 32.7 Å². The number of rotatable bonds is 3. The average molecular weight is 288 g/mol. The average Bonchev–Trinajstić information content (AvgIpc) is 2.68. The van der Waals surface area contributed by atoms with Gasteiger partial charge in [0.15, 0.2) is 0 Å². The Balaban J connectivity index is 2.19. The smallest absolute Gasteiger partial charge is 0.0876 e. The van der Waals surface area contributed by atoms with Crippen molar-refractivity contribution in [3.05, 3.63) is 32.6 Å². The lowest BCUT2D eigenvalue weighted by molar-refractivity contribution is 0.220. The van der Waals surface area contributed by atoms with Gasteiger partial charge >= 0.3 is 0 Å². The lowest BCUT2D eigenvalue weighted by Gasteiger charge is -2.22. The van der Waals surface area contributed by atoms with Crippen molar-refractivity contribution in [3.63, 3.8) is 0 Å². The third-order valence-electron chi connectivity index (χ3n) is 2.54. The first-order valence-corrected chi connectivity index (χ1v) is 6.70. The summed E-state index contributed by atoms with van der Waals surface area (Å²) >= 11 is 5.21. The number of nitrogens with one attached hydrogen (secondary N) is 1. The van der Waals surface area contributed by atoms with Crippen LogP contribution in [0.3, 0.4) is 0 Å². The number of hydrogen-bond donors (Lipinski definition) is 1. The van der Waals surface area contributed by atoms with Gasteiger partial charge in [0.05, 0.1) is 22.7 Å². The fourth-order valence-electron chi connectivity index (χ4n) is 1.84. The van der Waals surface area contributed by atoms with Crippen LogP contribution in [0, 0.1) is 0 Å². The predicted octanol–water partition coefficient (Wildman–Crippen LogP) is 3.47. The quantitative estimate of drug-likeness (QED) is 0.919. The van der Waals surface area contributed by atoms with E-state index in [1.165, 1.54) is 14.9 Å². The molecule has 1 N–H and O–H groups in total. The van der Waals surface area contributed by atoms with Crippen LogP contribution in [0.25, 0.3) is 0 Å². The molecule has 1 aromatic heterocycles. The molecule has 15 heavy (non-hydrogen) atoms. The second-order valence-electron chi connectivity index (χ2n) is 3.57. The lowest BCUT2D eigenvalue weighted by Crippen LogP contribution is -2.20. The minimum absolute atomic E-state index is 0.299. The molecule has 2 heterocycles. The minimum atomic E-state index is 0.299. The number of hydrogen-bond acceptors (Lipinski definition) is 3. The highest BCUT2D eigenvalue weighted by Gasteiger charge is 2.18. The molecule has 82 valence electrons. The van der Waals surface area contributed by atoms with Gasteiger partial charge in [0.25, 0.3) is 0 Å². The third-order valence-corrected chi connectivity index (χ3v) is 4.07. The van der Waals surface area contributed by atoms with Gasteiger partial charge in [-0.05, 0) is 58.4 Å². The van der Waals surface area contributed by atoms with Crippen molar-refractivity contribution in [2.45, 2.75) is 18.9 Å². The Labute approximate surface area is 102 Å². The Hall–Kier alpha value is -0.320. The van der Waals surface area contributed by atoms with E-state index in [0.29, 0.717) is 6.04 Å². The first-order valence-electron chi connectivity index (χ1n) is 5.03. The number of halogens is 1. The van der Waals surface area contributed by atoms with Gasteiger partial charge in [-0.15, -0.1) is 11.3 Å². The summed E-state index contributed by atoms with van der Waals surface area (Å²) in [5.74, 6) is 0. The molecule has 0 radical (unpaired) electrons. The standard InChI is InChI=1S/C11H14BrNOS/c1-13-11(8-3-2-4-14-6-8)9-5-10(12)15-7-9/h5-7,11,13H,2-4H2,1H3. The number of ether oxygens (including phenoxy) is 1. The molecule has 1 aliphatic heterocycles. The van der Waals surface area contributed by atoms with Gasteiger partial charge in [-0.25, -0.2) is 0 Å². The molecular formula is C11H14BrNOS. The Bertz CT molecular complexity index is 361. The van der Waals surface area contributed by atoms with E-state index in [9.17, 15) is 0 Å². The number of likely N-dealkylation sites (N-methyl/N-ethyl adjacent to an activating group) is 1. The molecule has 0 bridgehead atoms. The van der Waals surface area contributed by atoms with Crippen molar-refractivity contribution in [1.82, 2.24) is 5.32 Å². The fourth-order valence-corrected chi connectivity index (χ4v) is 3.04. The zero-order valence-corrected chi connectivity index (χ0v) is 11.0. The van der Waals surface area contributed by atoms with Crippen LogP contribution >= 0.6 is 27.3 Å². The normalized spacial score (nSPS) is 18.1. The molecule has 0 spiro atoms. The summed E-state index contributed by atoms with van der Waals surface area (Å²) in [7, 11) is 1.99. The Morgan fingerprint density at radius 2 is 2.47 bits per heavy atom. The molecule has 0 saturated heterocycles. The lowest BCUT2D eigenvalue weighted by atomic mass is 9.98. The molecule has 0 saturated carbocycles. The van der Waals surface area contributed by atoms with Gasteiger partial charge in [0, 0.05) is 0 Å². The summed E-state index contributed by atoms with van der Waals surface area (Å²) in [6, 6.07) is 2.47. The van der Waals surface area contributed by atoms with Crippen LogP contribution in [-0.2, 0) is 4.74 Å². The molecule has 0 aromatic carbocycles. The van der Waals surface area contributed by atoms with Crippen LogP contribution in [0.1, 0.15) is 24.4 Å². The fraction of sp³-hybridized carbons (Fsp3) is 0.455. The van der Waals surface area contributed by atoms with E-state index < -0.39 is 0 Å². The van der Waals surface area contributed by atoms with E-state index in [4.69, 9.17) is 4.74 Å². The monoisotopic (exact) mass is 287 g/mol. The van der Waals surface area contributed by atoms with Crippen molar-refractivity contribution in [2.75, 3.05) is 13.7 Å². The van der Waals surface area contributed by atoms with Crippen LogP contribution < -0.4 is 5.32 Å². The van der Waals surface area contributed by atoms with E-state index >= 15 is 0 Å². The van der Waals surface area contributed by atoms with Crippen molar-refractivity contribution in [1.29, 1.82) is 0 Å². The SMILES string of the molecule is CNC(C1=COCCC1)c1csc(Br)c1. The van der Waals surface area contributed by atoms with Crippen molar-refractivity contribution in [2.24, 2.45) is 0 Å². The van der Waals surface area contributed by atoms with E-state index in [0.717, 1.165) is 19.4 Å². The van der Waals surface area contributed by atoms with Crippen molar-refractivity contribution >= 4 is 27.3 Å². The van der Waals surface area contributed by atoms with Crippen LogP contribution in [-0.4, -0.2) is 13.7 Å². The second kappa shape index (κ2) is 5.14. The maximum Gasteiger partial charge on any atom is 0.0876 e. The molecule has 1 unspecified atom stereocenters. The molecule has 2 nitrogen and oxygen atoms in total. The molecule has 1 aliphatic rings. The minimum Gasteiger partial charge on any atom is -0.501 e.